The molecule has 3 N–H and O–H groups in total. The summed E-state index contributed by atoms with van der Waals surface area (Å²) in [6, 6.07) is 11.6. The number of aromatic nitrogens is 1. The van der Waals surface area contributed by atoms with Gasteiger partial charge in [-0.05, 0) is 75.2 Å². The maximum Gasteiger partial charge on any atom is 0.407 e. The van der Waals surface area contributed by atoms with Crippen LogP contribution in [0.4, 0.5) is 15.0 Å². The van der Waals surface area contributed by atoms with Crippen molar-refractivity contribution in [3.8, 4) is 16.9 Å². The van der Waals surface area contributed by atoms with E-state index in [4.69, 9.17) is 15.2 Å². The summed E-state index contributed by atoms with van der Waals surface area (Å²) in [6.07, 6.45) is 0.887. The van der Waals surface area contributed by atoms with Crippen LogP contribution in [0.5, 0.6) is 5.75 Å². The van der Waals surface area contributed by atoms with Gasteiger partial charge in [0.25, 0.3) is 5.91 Å². The van der Waals surface area contributed by atoms with E-state index in [1.807, 2.05) is 24.3 Å². The maximum atomic E-state index is 15.4. The van der Waals surface area contributed by atoms with E-state index in [2.05, 4.69) is 10.3 Å². The Morgan fingerprint density at radius 1 is 1.15 bits per heavy atom. The van der Waals surface area contributed by atoms with E-state index in [0.717, 1.165) is 22.8 Å². The van der Waals surface area contributed by atoms with Crippen LogP contribution < -0.4 is 15.8 Å². The molecule has 1 aromatic heterocycles. The zero-order valence-electron chi connectivity index (χ0n) is 23.4. The Morgan fingerprint density at radius 3 is 2.56 bits per heavy atom. The van der Waals surface area contributed by atoms with Gasteiger partial charge in [-0.15, -0.1) is 0 Å². The molecule has 218 valence electrons. The third-order valence-electron chi connectivity index (χ3n) is 6.40. The minimum absolute atomic E-state index is 0.0515. The van der Waals surface area contributed by atoms with Crippen molar-refractivity contribution in [2.45, 2.75) is 44.7 Å². The summed E-state index contributed by atoms with van der Waals surface area (Å²) in [6.45, 7) is 6.84. The van der Waals surface area contributed by atoms with Gasteiger partial charge in [0.1, 0.15) is 34.5 Å². The van der Waals surface area contributed by atoms with Gasteiger partial charge < -0.3 is 25.4 Å². The van der Waals surface area contributed by atoms with Gasteiger partial charge in [-0.3, -0.25) is 4.79 Å². The quantitative estimate of drug-likeness (QED) is 0.441. The van der Waals surface area contributed by atoms with Gasteiger partial charge in [-0.1, -0.05) is 6.07 Å². The first-order valence-corrected chi connectivity index (χ1v) is 14.7. The Labute approximate surface area is 238 Å². The Balaban J connectivity index is 1.51. The molecule has 2 amide bonds. The summed E-state index contributed by atoms with van der Waals surface area (Å²) in [7, 11) is -4.10. The fourth-order valence-electron chi connectivity index (χ4n) is 4.34. The molecule has 0 unspecified atom stereocenters. The van der Waals surface area contributed by atoms with Crippen LogP contribution in [0.2, 0.25) is 0 Å². The number of hydrogen-bond donors (Lipinski definition) is 2. The summed E-state index contributed by atoms with van der Waals surface area (Å²) < 4.78 is 52.0. The van der Waals surface area contributed by atoms with Crippen molar-refractivity contribution in [2.24, 2.45) is 0 Å². The largest absolute Gasteiger partial charge is 0.491 e. The van der Waals surface area contributed by atoms with Gasteiger partial charge in [0, 0.05) is 36.0 Å². The second-order valence-corrected chi connectivity index (χ2v) is 12.7. The number of amides is 2. The van der Waals surface area contributed by atoms with E-state index in [-0.39, 0.29) is 37.4 Å². The highest BCUT2D eigenvalue weighted by Crippen LogP contribution is 2.31. The molecule has 2 aromatic carbocycles. The van der Waals surface area contributed by atoms with E-state index in [1.54, 1.807) is 33.0 Å². The summed E-state index contributed by atoms with van der Waals surface area (Å²) in [4.78, 5) is 30.5. The lowest BCUT2D eigenvalue weighted by atomic mass is 10.0. The van der Waals surface area contributed by atoms with Gasteiger partial charge in [-0.25, -0.2) is 22.6 Å². The molecule has 0 bridgehead atoms. The van der Waals surface area contributed by atoms with Crippen LogP contribution >= 0.6 is 0 Å². The first-order valence-electron chi connectivity index (χ1n) is 13.0. The number of carbonyl (C=O) groups excluding carboxylic acids is 2. The predicted molar refractivity (Wildman–Crippen MR) is 152 cm³/mol. The molecule has 12 heteroatoms. The number of sulfone groups is 1. The van der Waals surface area contributed by atoms with E-state index in [0.29, 0.717) is 11.6 Å². The number of nitrogens with two attached hydrogens (primary N) is 1. The van der Waals surface area contributed by atoms with Crippen molar-refractivity contribution in [1.29, 1.82) is 0 Å². The molecule has 0 saturated heterocycles. The highest BCUT2D eigenvalue weighted by Gasteiger charge is 2.28. The summed E-state index contributed by atoms with van der Waals surface area (Å²) in [5.41, 5.74) is 7.40. The number of fused-ring (bicyclic) bond motifs is 1. The topological polar surface area (TPSA) is 141 Å². The monoisotopic (exact) mass is 584 g/mol. The highest BCUT2D eigenvalue weighted by molar-refractivity contribution is 7.91. The van der Waals surface area contributed by atoms with Crippen molar-refractivity contribution in [3.05, 3.63) is 71.2 Å². The maximum absolute atomic E-state index is 15.4. The Kier molecular flexibility index (Phi) is 8.52. The highest BCUT2D eigenvalue weighted by atomic mass is 32.2. The molecule has 2 heterocycles. The van der Waals surface area contributed by atoms with Crippen molar-refractivity contribution in [1.82, 2.24) is 15.2 Å². The van der Waals surface area contributed by atoms with E-state index < -0.39 is 43.9 Å². The summed E-state index contributed by atoms with van der Waals surface area (Å²) in [5, 5.41) is 2.36. The first-order chi connectivity index (χ1) is 19.2. The fraction of sp³-hybridized carbons (Fsp3) is 0.345. The lowest BCUT2D eigenvalue weighted by molar-refractivity contribution is 0.0531. The van der Waals surface area contributed by atoms with Gasteiger partial charge in [-0.2, -0.15) is 0 Å². The van der Waals surface area contributed by atoms with E-state index >= 15 is 4.39 Å². The fourth-order valence-corrected chi connectivity index (χ4v) is 5.63. The van der Waals surface area contributed by atoms with Crippen LogP contribution in [0.3, 0.4) is 0 Å². The molecule has 0 aliphatic carbocycles. The van der Waals surface area contributed by atoms with Gasteiger partial charge in [0.05, 0.1) is 12.3 Å². The SMILES string of the molecule is Cc1c(C(=O)N2CCOc3ccc(-c4ccc(N)nc4)cc3C2)ccc(S(=O)(=O)CCNC(=O)OC(C)(C)C)c1F. The molecular formula is C29H33FN4O6S. The lowest BCUT2D eigenvalue weighted by Crippen LogP contribution is -2.35. The second-order valence-electron chi connectivity index (χ2n) is 10.7. The van der Waals surface area contributed by atoms with Crippen LogP contribution in [0, 0.1) is 12.7 Å². The Morgan fingerprint density at radius 2 is 1.88 bits per heavy atom. The third kappa shape index (κ3) is 7.12. The smallest absolute Gasteiger partial charge is 0.407 e. The van der Waals surface area contributed by atoms with Crippen molar-refractivity contribution < 1.29 is 31.9 Å². The molecular weight excluding hydrogens is 551 g/mol. The van der Waals surface area contributed by atoms with Crippen LogP contribution in [-0.4, -0.2) is 61.4 Å². The zero-order valence-corrected chi connectivity index (χ0v) is 24.2. The molecule has 0 atom stereocenters. The number of halogens is 1. The Hall–Kier alpha value is -4.19. The van der Waals surface area contributed by atoms with Crippen molar-refractivity contribution in [3.63, 3.8) is 0 Å². The summed E-state index contributed by atoms with van der Waals surface area (Å²) >= 11 is 0. The van der Waals surface area contributed by atoms with Gasteiger partial charge in [0.2, 0.25) is 0 Å². The number of nitrogens with one attached hydrogen (secondary N) is 1. The average molecular weight is 585 g/mol. The molecule has 0 fully saturated rings. The number of carbonyl (C=O) groups is 2. The molecule has 4 rings (SSSR count). The number of nitrogens with zero attached hydrogens (tertiary/aromatic N) is 2. The first kappa shape index (κ1) is 29.8. The number of benzene rings is 2. The lowest BCUT2D eigenvalue weighted by Gasteiger charge is -2.22. The predicted octanol–water partition coefficient (Wildman–Crippen LogP) is 4.11. The van der Waals surface area contributed by atoms with E-state index in [9.17, 15) is 18.0 Å². The van der Waals surface area contributed by atoms with Gasteiger partial charge >= 0.3 is 6.09 Å². The minimum atomic E-state index is -4.10. The van der Waals surface area contributed by atoms with Gasteiger partial charge in [0.15, 0.2) is 9.84 Å². The molecule has 1 aliphatic heterocycles. The molecule has 0 radical (unpaired) electrons. The molecule has 10 nitrogen and oxygen atoms in total. The third-order valence-corrected chi connectivity index (χ3v) is 8.13. The number of ether oxygens (including phenoxy) is 2. The molecule has 41 heavy (non-hydrogen) atoms. The van der Waals surface area contributed by atoms with Crippen LogP contribution in [0.1, 0.15) is 42.3 Å². The normalized spacial score (nSPS) is 13.5. The van der Waals surface area contributed by atoms with Crippen LogP contribution in [0.15, 0.2) is 53.6 Å². The second kappa shape index (κ2) is 11.7. The standard InChI is InChI=1S/C29H33FN4O6S/c1-18-22(7-9-24(26(18)30)41(37,38)14-11-32-28(36)40-29(2,3)4)27(35)34-12-13-39-23-8-5-19(15-21(23)17-34)20-6-10-25(31)33-16-20/h5-10,15-16H,11-14,17H2,1-4H3,(H2,31,33)(H,32,36). The Bertz CT molecular complexity index is 1570. The van der Waals surface area contributed by atoms with E-state index in [1.165, 1.54) is 17.9 Å². The zero-order chi connectivity index (χ0) is 29.9. The summed E-state index contributed by atoms with van der Waals surface area (Å²) in [5.74, 6) is -0.952. The van der Waals surface area contributed by atoms with Crippen molar-refractivity contribution in [2.75, 3.05) is 31.2 Å². The number of hydrogen-bond acceptors (Lipinski definition) is 8. The average Bonchev–Trinajstić information content (AvgIpc) is 3.11. The number of alkyl carbamates (subject to hydrolysis) is 1. The number of nitrogen functional groups attached to an aromatic ring is 1. The molecule has 3 aromatic rings. The van der Waals surface area contributed by atoms with Crippen LogP contribution in [-0.2, 0) is 21.1 Å². The van der Waals surface area contributed by atoms with Crippen molar-refractivity contribution >= 4 is 27.7 Å². The minimum Gasteiger partial charge on any atom is -0.491 e. The molecule has 0 saturated carbocycles. The number of anilines is 1. The molecule has 0 spiro atoms. The number of rotatable bonds is 6. The van der Waals surface area contributed by atoms with Crippen LogP contribution in [0.25, 0.3) is 11.1 Å². The number of pyridine rings is 1. The molecule has 1 aliphatic rings.